The average Bonchev–Trinajstić information content (AvgIpc) is 2.39. The predicted octanol–water partition coefficient (Wildman–Crippen LogP) is 2.47. The van der Waals surface area contributed by atoms with Gasteiger partial charge in [-0.15, -0.1) is 0 Å². The van der Waals surface area contributed by atoms with Crippen molar-refractivity contribution in [2.75, 3.05) is 6.54 Å². The van der Waals surface area contributed by atoms with Crippen LogP contribution in [-0.2, 0) is 0 Å². The summed E-state index contributed by atoms with van der Waals surface area (Å²) in [7, 11) is 0. The van der Waals surface area contributed by atoms with E-state index in [0.717, 1.165) is 6.54 Å². The second-order valence-corrected chi connectivity index (χ2v) is 3.61. The van der Waals surface area contributed by atoms with Crippen LogP contribution in [0.1, 0.15) is 39.0 Å². The van der Waals surface area contributed by atoms with Crippen molar-refractivity contribution in [3.8, 4) is 0 Å². The number of nitrogens with two attached hydrogens (primary N) is 1. The molecule has 0 unspecified atom stereocenters. The minimum atomic E-state index is 0.490. The van der Waals surface area contributed by atoms with Gasteiger partial charge in [0, 0.05) is 0 Å². The van der Waals surface area contributed by atoms with E-state index in [1.165, 1.54) is 32.1 Å². The Labute approximate surface area is 69.7 Å². The summed E-state index contributed by atoms with van der Waals surface area (Å²) >= 11 is 0. The molecule has 0 aromatic carbocycles. The van der Waals surface area contributed by atoms with Gasteiger partial charge in [-0.25, -0.2) is 0 Å². The van der Waals surface area contributed by atoms with Gasteiger partial charge in [0.05, 0.1) is 0 Å². The van der Waals surface area contributed by atoms with Crippen LogP contribution < -0.4 is 5.73 Å². The van der Waals surface area contributed by atoms with Crippen molar-refractivity contribution in [3.63, 3.8) is 0 Å². The molecule has 1 aliphatic carbocycles. The average molecular weight is 153 g/mol. The molecule has 1 rings (SSSR count). The van der Waals surface area contributed by atoms with Crippen molar-refractivity contribution in [1.29, 1.82) is 0 Å². The molecule has 0 aromatic heterocycles. The van der Waals surface area contributed by atoms with Crippen LogP contribution in [0.15, 0.2) is 12.2 Å². The quantitative estimate of drug-likeness (QED) is 0.619. The van der Waals surface area contributed by atoms with Gasteiger partial charge in [-0.3, -0.25) is 0 Å². The smallest absolute Gasteiger partial charge is 0.00690 e. The third-order valence-electron chi connectivity index (χ3n) is 2.76. The van der Waals surface area contributed by atoms with Gasteiger partial charge in [-0.2, -0.15) is 0 Å². The Morgan fingerprint density at radius 2 is 2.00 bits per heavy atom. The zero-order valence-electron chi connectivity index (χ0n) is 7.47. The largest absolute Gasteiger partial charge is 0.330 e. The number of hydrogen-bond acceptors (Lipinski definition) is 1. The van der Waals surface area contributed by atoms with Crippen molar-refractivity contribution in [1.82, 2.24) is 0 Å². The van der Waals surface area contributed by atoms with Gasteiger partial charge in [0.25, 0.3) is 0 Å². The summed E-state index contributed by atoms with van der Waals surface area (Å²) in [6, 6.07) is 0. The fourth-order valence-electron chi connectivity index (χ4n) is 2.22. The molecule has 0 radical (unpaired) electrons. The highest BCUT2D eigenvalue weighted by molar-refractivity contribution is 5.01. The summed E-state index contributed by atoms with van der Waals surface area (Å²) in [5, 5.41) is 0. The summed E-state index contributed by atoms with van der Waals surface area (Å²) < 4.78 is 0. The maximum Gasteiger partial charge on any atom is -0.00690 e. The lowest BCUT2D eigenvalue weighted by atomic mass is 9.82. The van der Waals surface area contributed by atoms with Crippen LogP contribution in [0.5, 0.6) is 0 Å². The summed E-state index contributed by atoms with van der Waals surface area (Å²) in [4.78, 5) is 0. The Balaban J connectivity index is 2.54. The van der Waals surface area contributed by atoms with Gasteiger partial charge in [-0.1, -0.05) is 25.0 Å². The van der Waals surface area contributed by atoms with Gasteiger partial charge in [0.1, 0.15) is 0 Å². The van der Waals surface area contributed by atoms with E-state index in [1.807, 2.05) is 0 Å². The SMILES string of the molecule is C/C=C\C1(CCN)CCCC1. The molecule has 0 saturated heterocycles. The van der Waals surface area contributed by atoms with E-state index in [1.54, 1.807) is 0 Å². The fourth-order valence-corrected chi connectivity index (χ4v) is 2.22. The normalized spacial score (nSPS) is 23.1. The molecule has 0 atom stereocenters. The van der Waals surface area contributed by atoms with E-state index >= 15 is 0 Å². The van der Waals surface area contributed by atoms with Gasteiger partial charge in [0.2, 0.25) is 0 Å². The lowest BCUT2D eigenvalue weighted by molar-refractivity contribution is 0.369. The van der Waals surface area contributed by atoms with E-state index in [-0.39, 0.29) is 0 Å². The van der Waals surface area contributed by atoms with Crippen molar-refractivity contribution < 1.29 is 0 Å². The summed E-state index contributed by atoms with van der Waals surface area (Å²) in [6.07, 6.45) is 11.2. The molecule has 0 spiro atoms. The molecule has 1 saturated carbocycles. The van der Waals surface area contributed by atoms with Gasteiger partial charge >= 0.3 is 0 Å². The van der Waals surface area contributed by atoms with Crippen LogP contribution in [0.25, 0.3) is 0 Å². The van der Waals surface area contributed by atoms with E-state index in [4.69, 9.17) is 5.73 Å². The lowest BCUT2D eigenvalue weighted by Gasteiger charge is -2.23. The van der Waals surface area contributed by atoms with Crippen molar-refractivity contribution >= 4 is 0 Å². The first-order chi connectivity index (χ1) is 5.33. The van der Waals surface area contributed by atoms with E-state index in [9.17, 15) is 0 Å². The Hall–Kier alpha value is -0.300. The first-order valence-electron chi connectivity index (χ1n) is 4.67. The number of rotatable bonds is 3. The molecule has 1 heteroatoms. The molecule has 0 heterocycles. The number of hydrogen-bond donors (Lipinski definition) is 1. The molecule has 0 aliphatic heterocycles. The predicted molar refractivity (Wildman–Crippen MR) is 49.4 cm³/mol. The van der Waals surface area contributed by atoms with Gasteiger partial charge in [-0.05, 0) is 38.1 Å². The Kier molecular flexibility index (Phi) is 3.13. The summed E-state index contributed by atoms with van der Waals surface area (Å²) in [6.45, 7) is 2.95. The first kappa shape index (κ1) is 8.79. The molecule has 0 bridgehead atoms. The third kappa shape index (κ3) is 2.06. The molecule has 1 nitrogen and oxygen atoms in total. The highest BCUT2D eigenvalue weighted by Crippen LogP contribution is 2.41. The van der Waals surface area contributed by atoms with Crippen LogP contribution in [0.2, 0.25) is 0 Å². The van der Waals surface area contributed by atoms with Crippen LogP contribution >= 0.6 is 0 Å². The maximum atomic E-state index is 5.59. The van der Waals surface area contributed by atoms with Gasteiger partial charge in [0.15, 0.2) is 0 Å². The summed E-state index contributed by atoms with van der Waals surface area (Å²) in [5.74, 6) is 0. The van der Waals surface area contributed by atoms with Crippen molar-refractivity contribution in [2.45, 2.75) is 39.0 Å². The molecular formula is C10H19N. The molecule has 0 amide bonds. The molecule has 11 heavy (non-hydrogen) atoms. The third-order valence-corrected chi connectivity index (χ3v) is 2.76. The second kappa shape index (κ2) is 3.91. The lowest BCUT2D eigenvalue weighted by Crippen LogP contribution is -2.18. The Morgan fingerprint density at radius 3 is 2.45 bits per heavy atom. The van der Waals surface area contributed by atoms with Crippen molar-refractivity contribution in [2.24, 2.45) is 11.1 Å². The molecule has 1 fully saturated rings. The van der Waals surface area contributed by atoms with Crippen LogP contribution in [0, 0.1) is 5.41 Å². The summed E-state index contributed by atoms with van der Waals surface area (Å²) in [5.41, 5.74) is 6.08. The minimum Gasteiger partial charge on any atom is -0.330 e. The van der Waals surface area contributed by atoms with Gasteiger partial charge < -0.3 is 5.73 Å². The van der Waals surface area contributed by atoms with Crippen LogP contribution in [0.4, 0.5) is 0 Å². The fraction of sp³-hybridized carbons (Fsp3) is 0.800. The van der Waals surface area contributed by atoms with E-state index in [0.29, 0.717) is 5.41 Å². The molecule has 0 aromatic rings. The second-order valence-electron chi connectivity index (χ2n) is 3.61. The molecule has 1 aliphatic rings. The first-order valence-corrected chi connectivity index (χ1v) is 4.67. The Bertz CT molecular complexity index is 132. The molecule has 64 valence electrons. The van der Waals surface area contributed by atoms with Crippen molar-refractivity contribution in [3.05, 3.63) is 12.2 Å². The number of allylic oxidation sites excluding steroid dienone is 2. The minimum absolute atomic E-state index is 0.490. The highest BCUT2D eigenvalue weighted by Gasteiger charge is 2.29. The standard InChI is InChI=1S/C10H19N/c1-2-5-10(8-9-11)6-3-4-7-10/h2,5H,3-4,6-9,11H2,1H3/b5-2-. The maximum absolute atomic E-state index is 5.59. The molecule has 2 N–H and O–H groups in total. The zero-order chi connectivity index (χ0) is 8.16. The van der Waals surface area contributed by atoms with Crippen LogP contribution in [-0.4, -0.2) is 6.54 Å². The topological polar surface area (TPSA) is 26.0 Å². The highest BCUT2D eigenvalue weighted by atomic mass is 14.5. The Morgan fingerprint density at radius 1 is 1.36 bits per heavy atom. The zero-order valence-corrected chi connectivity index (χ0v) is 7.47. The monoisotopic (exact) mass is 153 g/mol. The van der Waals surface area contributed by atoms with Crippen LogP contribution in [0.3, 0.4) is 0 Å². The van der Waals surface area contributed by atoms with E-state index in [2.05, 4.69) is 19.1 Å². The van der Waals surface area contributed by atoms with E-state index < -0.39 is 0 Å². The molecular weight excluding hydrogens is 134 g/mol.